The van der Waals surface area contributed by atoms with Gasteiger partial charge in [-0.15, -0.1) is 0 Å². The normalized spacial score (nSPS) is 10.0. The van der Waals surface area contributed by atoms with Crippen molar-refractivity contribution in [3.05, 3.63) is 39.4 Å². The third kappa shape index (κ3) is 4.20. The van der Waals surface area contributed by atoms with Gasteiger partial charge in [0.15, 0.2) is 0 Å². The molecule has 2 amide bonds. The van der Waals surface area contributed by atoms with Gasteiger partial charge in [0, 0.05) is 12.6 Å². The zero-order valence-electron chi connectivity index (χ0n) is 11.1. The first-order valence-corrected chi connectivity index (χ1v) is 6.05. The van der Waals surface area contributed by atoms with Gasteiger partial charge >= 0.3 is 5.69 Å². The van der Waals surface area contributed by atoms with Crippen molar-refractivity contribution in [2.75, 3.05) is 13.1 Å². The minimum absolute atomic E-state index is 0.397. The van der Waals surface area contributed by atoms with Crippen LogP contribution in [0.2, 0.25) is 0 Å². The monoisotopic (exact) mass is 301 g/mol. The van der Waals surface area contributed by atoms with Crippen molar-refractivity contribution in [2.45, 2.75) is 13.3 Å². The Kier molecular flexibility index (Phi) is 5.70. The molecule has 0 atom stereocenters. The minimum atomic E-state index is -1.58. The van der Waals surface area contributed by atoms with Crippen LogP contribution in [0, 0.1) is 21.7 Å². The first-order valence-electron chi connectivity index (χ1n) is 6.05. The lowest BCUT2D eigenvalue weighted by molar-refractivity contribution is -0.387. The molecule has 2 N–H and O–H groups in total. The predicted octanol–water partition coefficient (Wildman–Crippen LogP) is 1.13. The number of nitrogens with one attached hydrogen (secondary N) is 2. The van der Waals surface area contributed by atoms with Gasteiger partial charge in [0.1, 0.15) is 11.4 Å². The molecule has 0 bridgehead atoms. The molecule has 9 heteroatoms. The van der Waals surface area contributed by atoms with Crippen LogP contribution in [-0.2, 0) is 4.79 Å². The molecule has 0 heterocycles. The second-order valence-corrected chi connectivity index (χ2v) is 4.05. The number of hydrogen-bond acceptors (Lipinski definition) is 4. The van der Waals surface area contributed by atoms with Crippen molar-refractivity contribution in [1.29, 1.82) is 0 Å². The fourth-order valence-corrected chi connectivity index (χ4v) is 1.47. The van der Waals surface area contributed by atoms with Crippen LogP contribution < -0.4 is 10.6 Å². The van der Waals surface area contributed by atoms with E-state index in [1.165, 1.54) is 0 Å². The van der Waals surface area contributed by atoms with Gasteiger partial charge in [0.05, 0.1) is 11.5 Å². The largest absolute Gasteiger partial charge is 0.355 e. The van der Waals surface area contributed by atoms with Crippen molar-refractivity contribution >= 4 is 17.5 Å². The number of hydrogen-bond donors (Lipinski definition) is 2. The van der Waals surface area contributed by atoms with Gasteiger partial charge in [0.25, 0.3) is 5.91 Å². The van der Waals surface area contributed by atoms with Gasteiger partial charge in [-0.2, -0.15) is 4.39 Å². The predicted molar refractivity (Wildman–Crippen MR) is 68.6 cm³/mol. The lowest BCUT2D eigenvalue weighted by atomic mass is 10.1. The summed E-state index contributed by atoms with van der Waals surface area (Å²) >= 11 is 0. The van der Waals surface area contributed by atoms with Crippen molar-refractivity contribution in [3.8, 4) is 0 Å². The first-order chi connectivity index (χ1) is 9.88. The Morgan fingerprint density at radius 1 is 1.29 bits per heavy atom. The van der Waals surface area contributed by atoms with E-state index in [4.69, 9.17) is 0 Å². The number of halogens is 2. The van der Waals surface area contributed by atoms with Crippen molar-refractivity contribution in [1.82, 2.24) is 10.6 Å². The van der Waals surface area contributed by atoms with Crippen LogP contribution in [0.5, 0.6) is 0 Å². The summed E-state index contributed by atoms with van der Waals surface area (Å²) in [7, 11) is 0. The Balaban J connectivity index is 2.85. The molecule has 0 fully saturated rings. The maximum atomic E-state index is 13.7. The second kappa shape index (κ2) is 7.27. The molecular formula is C12H13F2N3O4. The summed E-state index contributed by atoms with van der Waals surface area (Å²) in [5.74, 6) is -4.59. The van der Waals surface area contributed by atoms with Crippen molar-refractivity contribution in [2.24, 2.45) is 0 Å². The van der Waals surface area contributed by atoms with Gasteiger partial charge in [-0.1, -0.05) is 6.92 Å². The summed E-state index contributed by atoms with van der Waals surface area (Å²) in [6.45, 7) is 1.74. The molecule has 0 aliphatic heterocycles. The highest BCUT2D eigenvalue weighted by molar-refractivity contribution is 5.97. The molecule has 1 aromatic rings. The van der Waals surface area contributed by atoms with E-state index in [0.29, 0.717) is 25.1 Å². The van der Waals surface area contributed by atoms with E-state index < -0.39 is 46.2 Å². The molecule has 0 saturated heterocycles. The van der Waals surface area contributed by atoms with Crippen LogP contribution in [0.3, 0.4) is 0 Å². The molecule has 1 aromatic carbocycles. The molecule has 0 radical (unpaired) electrons. The Morgan fingerprint density at radius 3 is 2.52 bits per heavy atom. The maximum absolute atomic E-state index is 13.7. The lowest BCUT2D eigenvalue weighted by Crippen LogP contribution is -2.37. The molecule has 0 unspecified atom stereocenters. The number of nitro benzene ring substituents is 1. The summed E-state index contributed by atoms with van der Waals surface area (Å²) in [5, 5.41) is 15.0. The smallest absolute Gasteiger partial charge is 0.305 e. The van der Waals surface area contributed by atoms with Crippen LogP contribution in [0.25, 0.3) is 0 Å². The van der Waals surface area contributed by atoms with Crippen LogP contribution in [0.15, 0.2) is 12.1 Å². The highest BCUT2D eigenvalue weighted by Gasteiger charge is 2.26. The van der Waals surface area contributed by atoms with Gasteiger partial charge in [-0.25, -0.2) is 4.39 Å². The minimum Gasteiger partial charge on any atom is -0.355 e. The van der Waals surface area contributed by atoms with Crippen LogP contribution in [0.4, 0.5) is 14.5 Å². The Labute approximate surface area is 118 Å². The highest BCUT2D eigenvalue weighted by Crippen LogP contribution is 2.22. The standard InChI is InChI=1S/C12H13F2N3O4/c1-2-5-15-9(18)6-16-12(19)10-7(13)3-4-8(11(10)14)17(20)21/h3-4H,2,5-6H2,1H3,(H,15,18)(H,16,19). The van der Waals surface area contributed by atoms with Gasteiger partial charge in [-0.3, -0.25) is 19.7 Å². The molecular weight excluding hydrogens is 288 g/mol. The third-order valence-corrected chi connectivity index (χ3v) is 2.48. The number of carbonyl (C=O) groups excluding carboxylic acids is 2. The zero-order chi connectivity index (χ0) is 16.0. The summed E-state index contributed by atoms with van der Waals surface area (Å²) in [6.07, 6.45) is 0.688. The number of rotatable bonds is 6. The number of benzene rings is 1. The summed E-state index contributed by atoms with van der Waals surface area (Å²) in [6, 6.07) is 1.24. The highest BCUT2D eigenvalue weighted by atomic mass is 19.1. The Morgan fingerprint density at radius 2 is 1.95 bits per heavy atom. The Hall–Kier alpha value is -2.58. The quantitative estimate of drug-likeness (QED) is 0.607. The number of carbonyl (C=O) groups is 2. The molecule has 0 aliphatic carbocycles. The molecule has 21 heavy (non-hydrogen) atoms. The van der Waals surface area contributed by atoms with Crippen molar-refractivity contribution in [3.63, 3.8) is 0 Å². The van der Waals surface area contributed by atoms with Gasteiger partial charge in [0.2, 0.25) is 11.7 Å². The molecule has 0 spiro atoms. The summed E-state index contributed by atoms with van der Waals surface area (Å²) in [4.78, 5) is 32.4. The number of amides is 2. The average Bonchev–Trinajstić information content (AvgIpc) is 2.42. The van der Waals surface area contributed by atoms with Crippen LogP contribution >= 0.6 is 0 Å². The van der Waals surface area contributed by atoms with E-state index in [1.54, 1.807) is 0 Å². The van der Waals surface area contributed by atoms with E-state index in [-0.39, 0.29) is 0 Å². The van der Waals surface area contributed by atoms with E-state index in [9.17, 15) is 28.5 Å². The van der Waals surface area contributed by atoms with Crippen LogP contribution in [0.1, 0.15) is 23.7 Å². The zero-order valence-corrected chi connectivity index (χ0v) is 11.1. The van der Waals surface area contributed by atoms with E-state index in [2.05, 4.69) is 5.32 Å². The van der Waals surface area contributed by atoms with Crippen molar-refractivity contribution < 1.29 is 23.3 Å². The molecule has 114 valence electrons. The van der Waals surface area contributed by atoms with E-state index in [1.807, 2.05) is 12.2 Å². The third-order valence-electron chi connectivity index (χ3n) is 2.48. The average molecular weight is 301 g/mol. The Bertz CT molecular complexity index is 578. The first kappa shape index (κ1) is 16.5. The van der Waals surface area contributed by atoms with Gasteiger partial charge < -0.3 is 10.6 Å². The number of nitrogens with zero attached hydrogens (tertiary/aromatic N) is 1. The van der Waals surface area contributed by atoms with Gasteiger partial charge in [-0.05, 0) is 12.5 Å². The molecule has 7 nitrogen and oxygen atoms in total. The SMILES string of the molecule is CCCNC(=O)CNC(=O)c1c(F)ccc([N+](=O)[O-])c1F. The fraction of sp³-hybridized carbons (Fsp3) is 0.333. The van der Waals surface area contributed by atoms with E-state index in [0.717, 1.165) is 0 Å². The fourth-order valence-electron chi connectivity index (χ4n) is 1.47. The molecule has 1 rings (SSSR count). The number of nitro groups is 1. The molecule has 0 aliphatic rings. The topological polar surface area (TPSA) is 101 Å². The second-order valence-electron chi connectivity index (χ2n) is 4.05. The summed E-state index contributed by atoms with van der Waals surface area (Å²) in [5.41, 5.74) is -2.11. The maximum Gasteiger partial charge on any atom is 0.305 e. The summed E-state index contributed by atoms with van der Waals surface area (Å²) < 4.78 is 27.2. The van der Waals surface area contributed by atoms with E-state index >= 15 is 0 Å². The van der Waals surface area contributed by atoms with Crippen LogP contribution in [-0.4, -0.2) is 29.8 Å². The lowest BCUT2D eigenvalue weighted by Gasteiger charge is -2.07. The molecule has 0 aromatic heterocycles. The molecule has 0 saturated carbocycles.